The highest BCUT2D eigenvalue weighted by atomic mass is 32.2. The standard InChI is InChI=1S/C12H13F3O4S/c1-7-5-9(11(16)17)6-10(8(7)2)20(18,19)4-3-12(13,14)15/h5-6H,3-4H2,1-2H3,(H,16,17). The molecule has 1 aromatic rings. The van der Waals surface area contributed by atoms with Crippen molar-refractivity contribution in [1.29, 1.82) is 0 Å². The first-order chi connectivity index (χ1) is 8.94. The molecule has 0 unspecified atom stereocenters. The molecule has 1 rings (SSSR count). The molecule has 0 radical (unpaired) electrons. The van der Waals surface area contributed by atoms with Crippen LogP contribution in [-0.4, -0.2) is 31.4 Å². The van der Waals surface area contributed by atoms with Crippen molar-refractivity contribution in [2.24, 2.45) is 0 Å². The molecular formula is C12H13F3O4S. The van der Waals surface area contributed by atoms with E-state index in [0.717, 1.165) is 6.07 Å². The van der Waals surface area contributed by atoms with E-state index in [9.17, 15) is 26.4 Å². The average Bonchev–Trinajstić information content (AvgIpc) is 2.28. The molecule has 0 aliphatic rings. The summed E-state index contributed by atoms with van der Waals surface area (Å²) in [4.78, 5) is 10.5. The summed E-state index contributed by atoms with van der Waals surface area (Å²) in [6.07, 6.45) is -6.05. The van der Waals surface area contributed by atoms with Gasteiger partial charge < -0.3 is 5.11 Å². The molecule has 0 aliphatic carbocycles. The second-order valence-corrected chi connectivity index (χ2v) is 6.48. The topological polar surface area (TPSA) is 71.4 Å². The van der Waals surface area contributed by atoms with Gasteiger partial charge in [0.05, 0.1) is 22.6 Å². The lowest BCUT2D eigenvalue weighted by molar-refractivity contribution is -0.129. The van der Waals surface area contributed by atoms with Crippen LogP contribution in [0.3, 0.4) is 0 Å². The Morgan fingerprint density at radius 2 is 1.80 bits per heavy atom. The van der Waals surface area contributed by atoms with E-state index in [2.05, 4.69) is 0 Å². The molecule has 1 N–H and O–H groups in total. The second-order valence-electron chi connectivity index (χ2n) is 4.41. The molecule has 0 saturated heterocycles. The highest BCUT2D eigenvalue weighted by Gasteiger charge is 2.31. The number of rotatable bonds is 4. The third-order valence-corrected chi connectivity index (χ3v) is 4.69. The summed E-state index contributed by atoms with van der Waals surface area (Å²) in [5, 5.41) is 8.87. The highest BCUT2D eigenvalue weighted by molar-refractivity contribution is 7.91. The predicted octanol–water partition coefficient (Wildman–Crippen LogP) is 2.73. The third-order valence-electron chi connectivity index (χ3n) is 2.86. The molecular weight excluding hydrogens is 297 g/mol. The molecule has 0 saturated carbocycles. The summed E-state index contributed by atoms with van der Waals surface area (Å²) in [5.74, 6) is -2.43. The molecule has 112 valence electrons. The van der Waals surface area contributed by atoms with Crippen molar-refractivity contribution >= 4 is 15.8 Å². The minimum Gasteiger partial charge on any atom is -0.478 e. The van der Waals surface area contributed by atoms with Crippen LogP contribution in [-0.2, 0) is 9.84 Å². The lowest BCUT2D eigenvalue weighted by Crippen LogP contribution is -2.18. The van der Waals surface area contributed by atoms with Crippen LogP contribution >= 0.6 is 0 Å². The van der Waals surface area contributed by atoms with E-state index in [-0.39, 0.29) is 16.0 Å². The first kappa shape index (κ1) is 16.5. The van der Waals surface area contributed by atoms with Crippen LogP contribution in [0.1, 0.15) is 27.9 Å². The first-order valence-corrected chi connectivity index (χ1v) is 7.23. The molecule has 0 fully saturated rings. The maximum atomic E-state index is 12.1. The zero-order valence-corrected chi connectivity index (χ0v) is 11.6. The summed E-state index contributed by atoms with van der Waals surface area (Å²) in [7, 11) is -4.19. The summed E-state index contributed by atoms with van der Waals surface area (Å²) >= 11 is 0. The minimum atomic E-state index is -4.58. The average molecular weight is 310 g/mol. The summed E-state index contributed by atoms with van der Waals surface area (Å²) in [5.41, 5.74) is 0.395. The predicted molar refractivity (Wildman–Crippen MR) is 65.6 cm³/mol. The van der Waals surface area contributed by atoms with Crippen molar-refractivity contribution in [2.75, 3.05) is 5.75 Å². The van der Waals surface area contributed by atoms with Gasteiger partial charge in [0, 0.05) is 0 Å². The third kappa shape index (κ3) is 3.96. The molecule has 20 heavy (non-hydrogen) atoms. The lowest BCUT2D eigenvalue weighted by Gasteiger charge is -2.12. The molecule has 0 aliphatic heterocycles. The molecule has 0 bridgehead atoms. The van der Waals surface area contributed by atoms with Gasteiger partial charge in [-0.25, -0.2) is 13.2 Å². The Kier molecular flexibility index (Phi) is 4.48. The van der Waals surface area contributed by atoms with Crippen molar-refractivity contribution in [3.63, 3.8) is 0 Å². The maximum absolute atomic E-state index is 12.1. The van der Waals surface area contributed by atoms with Crippen LogP contribution in [0.25, 0.3) is 0 Å². The normalized spacial score (nSPS) is 12.4. The van der Waals surface area contributed by atoms with E-state index in [1.807, 2.05) is 0 Å². The Labute approximate surface area is 114 Å². The van der Waals surface area contributed by atoms with Crippen molar-refractivity contribution < 1.29 is 31.5 Å². The smallest absolute Gasteiger partial charge is 0.390 e. The van der Waals surface area contributed by atoms with Gasteiger partial charge in [-0.3, -0.25) is 0 Å². The van der Waals surface area contributed by atoms with Gasteiger partial charge in [0.1, 0.15) is 0 Å². The molecule has 1 aromatic carbocycles. The van der Waals surface area contributed by atoms with Gasteiger partial charge in [0.25, 0.3) is 0 Å². The van der Waals surface area contributed by atoms with E-state index in [1.54, 1.807) is 0 Å². The molecule has 4 nitrogen and oxygen atoms in total. The fraction of sp³-hybridized carbons (Fsp3) is 0.417. The number of halogens is 3. The van der Waals surface area contributed by atoms with Crippen molar-refractivity contribution in [2.45, 2.75) is 31.3 Å². The molecule has 0 atom stereocenters. The van der Waals surface area contributed by atoms with Gasteiger partial charge in [-0.05, 0) is 37.1 Å². The lowest BCUT2D eigenvalue weighted by atomic mass is 10.1. The summed E-state index contributed by atoms with van der Waals surface area (Å²) < 4.78 is 60.3. The number of carboxylic acids is 1. The van der Waals surface area contributed by atoms with Crippen molar-refractivity contribution in [3.8, 4) is 0 Å². The molecule has 0 aromatic heterocycles. The number of sulfone groups is 1. The van der Waals surface area contributed by atoms with Crippen LogP contribution in [0.4, 0.5) is 13.2 Å². The van der Waals surface area contributed by atoms with Gasteiger partial charge >= 0.3 is 12.1 Å². The highest BCUT2D eigenvalue weighted by Crippen LogP contribution is 2.26. The van der Waals surface area contributed by atoms with E-state index in [0.29, 0.717) is 5.56 Å². The number of hydrogen-bond acceptors (Lipinski definition) is 3. The Bertz CT molecular complexity index is 633. The van der Waals surface area contributed by atoms with Crippen molar-refractivity contribution in [3.05, 3.63) is 28.8 Å². The van der Waals surface area contributed by atoms with Crippen LogP contribution in [0.5, 0.6) is 0 Å². The fourth-order valence-electron chi connectivity index (χ4n) is 1.63. The maximum Gasteiger partial charge on any atom is 0.390 e. The van der Waals surface area contributed by atoms with Crippen LogP contribution in [0.15, 0.2) is 17.0 Å². The van der Waals surface area contributed by atoms with E-state index < -0.39 is 34.2 Å². The Morgan fingerprint density at radius 3 is 2.25 bits per heavy atom. The SMILES string of the molecule is Cc1cc(C(=O)O)cc(S(=O)(=O)CCC(F)(F)F)c1C. The molecule has 0 spiro atoms. The second kappa shape index (κ2) is 5.43. The zero-order chi connectivity index (χ0) is 15.7. The van der Waals surface area contributed by atoms with Crippen LogP contribution in [0, 0.1) is 13.8 Å². The molecule has 0 amide bonds. The number of carbonyl (C=O) groups is 1. The monoisotopic (exact) mass is 310 g/mol. The Hall–Kier alpha value is -1.57. The van der Waals surface area contributed by atoms with Crippen LogP contribution < -0.4 is 0 Å². The minimum absolute atomic E-state index is 0.261. The quantitative estimate of drug-likeness (QED) is 0.928. The number of carboxylic acid groups (broad SMARTS) is 1. The number of aryl methyl sites for hydroxylation is 1. The molecule has 0 heterocycles. The molecule has 8 heteroatoms. The number of benzene rings is 1. The van der Waals surface area contributed by atoms with E-state index in [1.165, 1.54) is 19.9 Å². The van der Waals surface area contributed by atoms with E-state index >= 15 is 0 Å². The van der Waals surface area contributed by atoms with E-state index in [4.69, 9.17) is 5.11 Å². The van der Waals surface area contributed by atoms with Gasteiger partial charge in [-0.1, -0.05) is 0 Å². The first-order valence-electron chi connectivity index (χ1n) is 5.58. The zero-order valence-electron chi connectivity index (χ0n) is 10.8. The van der Waals surface area contributed by atoms with Gasteiger partial charge in [0.2, 0.25) is 0 Å². The van der Waals surface area contributed by atoms with Crippen LogP contribution in [0.2, 0.25) is 0 Å². The number of aromatic carboxylic acids is 1. The van der Waals surface area contributed by atoms with Gasteiger partial charge in [-0.15, -0.1) is 0 Å². The number of hydrogen-bond donors (Lipinski definition) is 1. The summed E-state index contributed by atoms with van der Waals surface area (Å²) in [6.45, 7) is 2.94. The fourth-order valence-corrected chi connectivity index (χ4v) is 3.29. The Balaban J connectivity index is 3.27. The van der Waals surface area contributed by atoms with Gasteiger partial charge in [0.15, 0.2) is 9.84 Å². The largest absolute Gasteiger partial charge is 0.478 e. The summed E-state index contributed by atoms with van der Waals surface area (Å²) in [6, 6.07) is 2.18. The van der Waals surface area contributed by atoms with Crippen molar-refractivity contribution in [1.82, 2.24) is 0 Å². The Morgan fingerprint density at radius 1 is 1.25 bits per heavy atom. The van der Waals surface area contributed by atoms with Gasteiger partial charge in [-0.2, -0.15) is 13.2 Å². The number of alkyl halides is 3.